The van der Waals surface area contributed by atoms with Gasteiger partial charge in [0.25, 0.3) is 6.47 Å². The fourth-order valence-corrected chi connectivity index (χ4v) is 4.94. The zero-order valence-electron chi connectivity index (χ0n) is 16.0. The minimum Gasteiger partial charge on any atom is -0.444 e. The van der Waals surface area contributed by atoms with Crippen molar-refractivity contribution in [2.45, 2.75) is 25.5 Å². The van der Waals surface area contributed by atoms with E-state index in [0.29, 0.717) is 17.9 Å². The Morgan fingerprint density at radius 2 is 1.66 bits per heavy atom. The van der Waals surface area contributed by atoms with Crippen molar-refractivity contribution < 1.29 is 9.53 Å². The average Bonchev–Trinajstić information content (AvgIpc) is 2.72. The molecule has 0 aromatic heterocycles. The number of hydrogen-bond donors (Lipinski definition) is 1. The summed E-state index contributed by atoms with van der Waals surface area (Å²) in [7, 11) is 0. The summed E-state index contributed by atoms with van der Waals surface area (Å²) in [5.41, 5.74) is 4.43. The van der Waals surface area contributed by atoms with Gasteiger partial charge in [0.05, 0.1) is 0 Å². The summed E-state index contributed by atoms with van der Waals surface area (Å²) in [5, 5.41) is 8.92. The van der Waals surface area contributed by atoms with E-state index in [1.54, 1.807) is 0 Å². The Balaban J connectivity index is 1.85. The maximum Gasteiger partial charge on any atom is 0.294 e. The summed E-state index contributed by atoms with van der Waals surface area (Å²) in [6.45, 7) is 2.55. The van der Waals surface area contributed by atoms with E-state index in [-0.39, 0.29) is 12.1 Å². The summed E-state index contributed by atoms with van der Waals surface area (Å²) >= 11 is 6.45. The number of carbonyl (C=O) groups is 1. The van der Waals surface area contributed by atoms with Crippen LogP contribution in [0.3, 0.4) is 0 Å². The monoisotopic (exact) mass is 401 g/mol. The van der Waals surface area contributed by atoms with Crippen molar-refractivity contribution in [3.05, 3.63) is 88.4 Å². The molecule has 0 radical (unpaired) electrons. The highest BCUT2D eigenvalue weighted by molar-refractivity contribution is 6.30. The number of hydrogen-bond acceptors (Lipinski definition) is 3. The molecule has 0 saturated heterocycles. The molecule has 5 rings (SSSR count). The second-order valence-electron chi connectivity index (χ2n) is 7.57. The molecule has 0 fully saturated rings. The van der Waals surface area contributed by atoms with Gasteiger partial charge in [0.2, 0.25) is 0 Å². The standard InChI is InChI=1S/C25H20ClNO2/c1-15-10-18(26)12-22-21(13-23(29-14-28)27-25(15)22)24-19-8-4-2-6-16(19)11-17-7-3-5-9-20(17)24/h2-12,14,21,23,27H,13H2,1H3. The molecule has 0 spiro atoms. The molecule has 4 aromatic carbocycles. The fourth-order valence-electron chi connectivity index (χ4n) is 4.66. The Bertz CT molecular complexity index is 1200. The van der Waals surface area contributed by atoms with Crippen molar-refractivity contribution in [1.82, 2.24) is 0 Å². The number of ether oxygens (including phenoxy) is 1. The van der Waals surface area contributed by atoms with Gasteiger partial charge in [-0.15, -0.1) is 0 Å². The lowest BCUT2D eigenvalue weighted by atomic mass is 9.79. The third kappa shape index (κ3) is 3.02. The Labute approximate surface area is 174 Å². The highest BCUT2D eigenvalue weighted by Crippen LogP contribution is 2.46. The van der Waals surface area contributed by atoms with E-state index in [1.807, 2.05) is 19.1 Å². The van der Waals surface area contributed by atoms with Crippen LogP contribution in [0.15, 0.2) is 66.7 Å². The van der Waals surface area contributed by atoms with Crippen LogP contribution >= 0.6 is 11.6 Å². The van der Waals surface area contributed by atoms with Gasteiger partial charge in [-0.1, -0.05) is 60.1 Å². The Morgan fingerprint density at radius 1 is 1.00 bits per heavy atom. The van der Waals surface area contributed by atoms with Gasteiger partial charge in [-0.25, -0.2) is 0 Å². The molecule has 1 heterocycles. The van der Waals surface area contributed by atoms with Gasteiger partial charge in [0, 0.05) is 23.0 Å². The first kappa shape index (κ1) is 18.0. The molecule has 0 bridgehead atoms. The first-order valence-electron chi connectivity index (χ1n) is 9.72. The third-order valence-electron chi connectivity index (χ3n) is 5.84. The van der Waals surface area contributed by atoms with Crippen molar-refractivity contribution in [1.29, 1.82) is 0 Å². The number of benzene rings is 4. The molecule has 2 unspecified atom stereocenters. The van der Waals surface area contributed by atoms with Crippen LogP contribution in [0.5, 0.6) is 0 Å². The lowest BCUT2D eigenvalue weighted by Crippen LogP contribution is -2.31. The zero-order chi connectivity index (χ0) is 20.0. The molecule has 4 aromatic rings. The molecule has 1 aliphatic heterocycles. The van der Waals surface area contributed by atoms with Crippen LogP contribution in [0.1, 0.15) is 29.0 Å². The predicted octanol–water partition coefficient (Wildman–Crippen LogP) is 6.40. The highest BCUT2D eigenvalue weighted by Gasteiger charge is 2.32. The van der Waals surface area contributed by atoms with Crippen LogP contribution in [-0.2, 0) is 9.53 Å². The van der Waals surface area contributed by atoms with Crippen LogP contribution in [-0.4, -0.2) is 12.7 Å². The molecule has 29 heavy (non-hydrogen) atoms. The first-order valence-corrected chi connectivity index (χ1v) is 10.1. The third-order valence-corrected chi connectivity index (χ3v) is 6.06. The van der Waals surface area contributed by atoms with Gasteiger partial charge in [-0.2, -0.15) is 0 Å². The molecule has 1 aliphatic rings. The second-order valence-corrected chi connectivity index (χ2v) is 8.01. The minimum absolute atomic E-state index is 0.0459. The average molecular weight is 402 g/mol. The largest absolute Gasteiger partial charge is 0.444 e. The molecule has 2 atom stereocenters. The van der Waals surface area contributed by atoms with E-state index in [0.717, 1.165) is 16.8 Å². The lowest BCUT2D eigenvalue weighted by molar-refractivity contribution is -0.132. The highest BCUT2D eigenvalue weighted by atomic mass is 35.5. The summed E-state index contributed by atoms with van der Waals surface area (Å²) in [6.07, 6.45) is 0.256. The first-order chi connectivity index (χ1) is 14.2. The van der Waals surface area contributed by atoms with Crippen LogP contribution in [0.2, 0.25) is 5.02 Å². The van der Waals surface area contributed by atoms with E-state index in [1.165, 1.54) is 27.1 Å². The lowest BCUT2D eigenvalue weighted by Gasteiger charge is -2.34. The molecular weight excluding hydrogens is 382 g/mol. The van der Waals surface area contributed by atoms with Gasteiger partial charge in [-0.05, 0) is 63.4 Å². The van der Waals surface area contributed by atoms with E-state index in [2.05, 4.69) is 59.9 Å². The van der Waals surface area contributed by atoms with E-state index in [9.17, 15) is 4.79 Å². The number of anilines is 1. The molecule has 0 aliphatic carbocycles. The number of aryl methyl sites for hydroxylation is 1. The van der Waals surface area contributed by atoms with Gasteiger partial charge < -0.3 is 10.1 Å². The zero-order valence-corrected chi connectivity index (χ0v) is 16.7. The minimum atomic E-state index is -0.386. The Kier molecular flexibility index (Phi) is 4.40. The molecule has 0 amide bonds. The van der Waals surface area contributed by atoms with Crippen LogP contribution in [0, 0.1) is 6.92 Å². The van der Waals surface area contributed by atoms with E-state index < -0.39 is 0 Å². The van der Waals surface area contributed by atoms with Gasteiger partial charge in [-0.3, -0.25) is 4.79 Å². The molecule has 1 N–H and O–H groups in total. The van der Waals surface area contributed by atoms with E-state index in [4.69, 9.17) is 16.3 Å². The van der Waals surface area contributed by atoms with Crippen LogP contribution in [0.25, 0.3) is 21.5 Å². The van der Waals surface area contributed by atoms with Gasteiger partial charge >= 0.3 is 0 Å². The smallest absolute Gasteiger partial charge is 0.294 e. The maximum atomic E-state index is 11.1. The van der Waals surface area contributed by atoms with Crippen LogP contribution < -0.4 is 5.32 Å². The fraction of sp³-hybridized carbons (Fsp3) is 0.160. The number of fused-ring (bicyclic) bond motifs is 3. The van der Waals surface area contributed by atoms with Crippen molar-refractivity contribution in [2.75, 3.05) is 5.32 Å². The molecule has 3 nitrogen and oxygen atoms in total. The summed E-state index contributed by atoms with van der Waals surface area (Å²) < 4.78 is 5.38. The maximum absolute atomic E-state index is 11.1. The second kappa shape index (κ2) is 7.09. The summed E-state index contributed by atoms with van der Waals surface area (Å²) in [6, 6.07) is 23.1. The van der Waals surface area contributed by atoms with Crippen LogP contribution in [0.4, 0.5) is 5.69 Å². The SMILES string of the molecule is Cc1cc(Cl)cc2c1NC(OC=O)CC2c1c2ccccc2cc2ccccc12. The number of nitrogens with one attached hydrogen (secondary N) is 1. The van der Waals surface area contributed by atoms with Crippen molar-refractivity contribution in [3.63, 3.8) is 0 Å². The van der Waals surface area contributed by atoms with Gasteiger partial charge in [0.15, 0.2) is 6.23 Å². The number of carbonyl (C=O) groups excluding carboxylic acids is 1. The number of rotatable bonds is 3. The van der Waals surface area contributed by atoms with Crippen molar-refractivity contribution in [3.8, 4) is 0 Å². The molecule has 144 valence electrons. The predicted molar refractivity (Wildman–Crippen MR) is 119 cm³/mol. The molecule has 0 saturated carbocycles. The quantitative estimate of drug-likeness (QED) is 0.319. The van der Waals surface area contributed by atoms with Crippen molar-refractivity contribution in [2.24, 2.45) is 0 Å². The van der Waals surface area contributed by atoms with Crippen molar-refractivity contribution >= 4 is 45.3 Å². The molecule has 4 heteroatoms. The van der Waals surface area contributed by atoms with Gasteiger partial charge in [0.1, 0.15) is 0 Å². The Morgan fingerprint density at radius 3 is 2.31 bits per heavy atom. The number of halogens is 1. The van der Waals surface area contributed by atoms with E-state index >= 15 is 0 Å². The Hall–Kier alpha value is -3.04. The topological polar surface area (TPSA) is 38.3 Å². The normalized spacial score (nSPS) is 18.3. The summed E-state index contributed by atoms with van der Waals surface area (Å²) in [4.78, 5) is 11.1. The summed E-state index contributed by atoms with van der Waals surface area (Å²) in [5.74, 6) is 0.0459. The molecular formula is C25H20ClNO2.